The van der Waals surface area contributed by atoms with E-state index < -0.39 is 17.7 Å². The van der Waals surface area contributed by atoms with Crippen LogP contribution < -0.4 is 0 Å². The zero-order valence-corrected chi connectivity index (χ0v) is 15.4. The molecule has 0 bridgehead atoms. The first-order valence-corrected chi connectivity index (χ1v) is 8.35. The van der Waals surface area contributed by atoms with Gasteiger partial charge in [0.15, 0.2) is 0 Å². The van der Waals surface area contributed by atoms with Crippen molar-refractivity contribution in [2.75, 3.05) is 7.11 Å². The molecular weight excluding hydrogens is 357 g/mol. The first-order chi connectivity index (χ1) is 12.6. The number of hydrogen-bond donors (Lipinski definition) is 1. The molecule has 0 radical (unpaired) electrons. The highest BCUT2D eigenvalue weighted by Crippen LogP contribution is 2.41. The van der Waals surface area contributed by atoms with Crippen molar-refractivity contribution in [3.63, 3.8) is 0 Å². The summed E-state index contributed by atoms with van der Waals surface area (Å²) >= 11 is 0. The van der Waals surface area contributed by atoms with Gasteiger partial charge in [0.1, 0.15) is 11.3 Å². The second-order valence-electron chi connectivity index (χ2n) is 6.22. The van der Waals surface area contributed by atoms with E-state index in [0.717, 1.165) is 12.1 Å². The summed E-state index contributed by atoms with van der Waals surface area (Å²) in [4.78, 5) is 12.2. The Bertz CT molecular complexity index is 883. The van der Waals surface area contributed by atoms with Gasteiger partial charge >= 0.3 is 12.1 Å². The van der Waals surface area contributed by atoms with E-state index in [1.807, 2.05) is 0 Å². The fraction of sp³-hybridized carbons (Fsp3) is 0.286. The van der Waals surface area contributed by atoms with Crippen LogP contribution in [0.25, 0.3) is 11.1 Å². The molecule has 2 aromatic rings. The van der Waals surface area contributed by atoms with Crippen molar-refractivity contribution in [2.24, 2.45) is 0 Å². The number of phenols is 1. The Morgan fingerprint density at radius 2 is 1.93 bits per heavy atom. The predicted molar refractivity (Wildman–Crippen MR) is 97.9 cm³/mol. The lowest BCUT2D eigenvalue weighted by Crippen LogP contribution is -2.10. The molecule has 144 valence electrons. The summed E-state index contributed by atoms with van der Waals surface area (Å²) in [6, 6.07) is 4.92. The maximum Gasteiger partial charge on any atom is 0.416 e. The van der Waals surface area contributed by atoms with Gasteiger partial charge in [-0.25, -0.2) is 4.79 Å². The molecule has 27 heavy (non-hydrogen) atoms. The molecule has 2 aromatic carbocycles. The SMILES string of the molecule is C=CCCc1c(C)c(-c2cccc(C(F)(F)F)c2)c(C)c(C(=O)OC)c1O. The van der Waals surface area contributed by atoms with Crippen LogP contribution in [0.2, 0.25) is 0 Å². The number of alkyl halides is 3. The number of ether oxygens (including phenoxy) is 1. The quantitative estimate of drug-likeness (QED) is 0.544. The van der Waals surface area contributed by atoms with E-state index >= 15 is 0 Å². The molecule has 2 rings (SSSR count). The molecule has 0 amide bonds. The number of allylic oxidation sites excluding steroid dienone is 1. The molecule has 0 saturated heterocycles. The number of rotatable bonds is 5. The second kappa shape index (κ2) is 7.86. The van der Waals surface area contributed by atoms with Gasteiger partial charge in [-0.2, -0.15) is 13.2 Å². The highest BCUT2D eigenvalue weighted by molar-refractivity contribution is 5.98. The van der Waals surface area contributed by atoms with Gasteiger partial charge in [0.05, 0.1) is 12.7 Å². The number of aromatic hydroxyl groups is 1. The topological polar surface area (TPSA) is 46.5 Å². The monoisotopic (exact) mass is 378 g/mol. The molecule has 1 N–H and O–H groups in total. The lowest BCUT2D eigenvalue weighted by atomic mass is 9.86. The number of methoxy groups -OCH3 is 1. The van der Waals surface area contributed by atoms with Crippen molar-refractivity contribution in [1.29, 1.82) is 0 Å². The summed E-state index contributed by atoms with van der Waals surface area (Å²) in [7, 11) is 1.19. The maximum absolute atomic E-state index is 13.1. The van der Waals surface area contributed by atoms with E-state index in [4.69, 9.17) is 4.74 Å². The Morgan fingerprint density at radius 3 is 2.48 bits per heavy atom. The van der Waals surface area contributed by atoms with Crippen LogP contribution in [-0.2, 0) is 17.3 Å². The lowest BCUT2D eigenvalue weighted by Gasteiger charge is -2.20. The minimum Gasteiger partial charge on any atom is -0.507 e. The van der Waals surface area contributed by atoms with Crippen LogP contribution >= 0.6 is 0 Å². The van der Waals surface area contributed by atoms with E-state index in [2.05, 4.69) is 6.58 Å². The zero-order valence-electron chi connectivity index (χ0n) is 15.4. The van der Waals surface area contributed by atoms with Gasteiger partial charge in [0.25, 0.3) is 0 Å². The molecule has 6 heteroatoms. The minimum absolute atomic E-state index is 0.0328. The number of hydrogen-bond acceptors (Lipinski definition) is 3. The summed E-state index contributed by atoms with van der Waals surface area (Å²) in [6.07, 6.45) is -1.87. The van der Waals surface area contributed by atoms with E-state index in [0.29, 0.717) is 40.7 Å². The number of benzene rings is 2. The Morgan fingerprint density at radius 1 is 1.26 bits per heavy atom. The standard InChI is InChI=1S/C21H21F3O3/c1-5-6-10-16-12(2)17(13(3)18(19(16)25)20(26)27-4)14-8-7-9-15(11-14)21(22,23)24/h5,7-9,11,25H,1,6,10H2,2-4H3. The van der Waals surface area contributed by atoms with Crippen molar-refractivity contribution in [3.8, 4) is 16.9 Å². The highest BCUT2D eigenvalue weighted by atomic mass is 19.4. The summed E-state index contributed by atoms with van der Waals surface area (Å²) in [5.41, 5.74) is 1.49. The minimum atomic E-state index is -4.48. The lowest BCUT2D eigenvalue weighted by molar-refractivity contribution is -0.137. The van der Waals surface area contributed by atoms with Crippen molar-refractivity contribution >= 4 is 5.97 Å². The van der Waals surface area contributed by atoms with Crippen LogP contribution in [0.3, 0.4) is 0 Å². The number of carbonyl (C=O) groups is 1. The molecule has 0 heterocycles. The third-order valence-electron chi connectivity index (χ3n) is 4.57. The fourth-order valence-corrected chi connectivity index (χ4v) is 3.25. The number of phenolic OH excluding ortho intramolecular Hbond substituents is 1. The van der Waals surface area contributed by atoms with Crippen LogP contribution in [-0.4, -0.2) is 18.2 Å². The maximum atomic E-state index is 13.1. The molecule has 0 spiro atoms. The average molecular weight is 378 g/mol. The van der Waals surface area contributed by atoms with Crippen molar-refractivity contribution < 1.29 is 27.8 Å². The fourth-order valence-electron chi connectivity index (χ4n) is 3.25. The van der Waals surface area contributed by atoms with E-state index in [1.165, 1.54) is 13.2 Å². The van der Waals surface area contributed by atoms with Crippen LogP contribution in [0.15, 0.2) is 36.9 Å². The third-order valence-corrected chi connectivity index (χ3v) is 4.57. The van der Waals surface area contributed by atoms with E-state index in [1.54, 1.807) is 26.0 Å². The van der Waals surface area contributed by atoms with Gasteiger partial charge in [-0.15, -0.1) is 6.58 Å². The molecular formula is C21H21F3O3. The first kappa shape index (κ1) is 20.6. The largest absolute Gasteiger partial charge is 0.507 e. The van der Waals surface area contributed by atoms with Gasteiger partial charge in [-0.1, -0.05) is 18.2 Å². The molecule has 0 aliphatic carbocycles. The highest BCUT2D eigenvalue weighted by Gasteiger charge is 2.31. The Kier molecular flexibility index (Phi) is 5.98. The molecule has 0 saturated carbocycles. The molecule has 0 aliphatic rings. The Labute approximate surface area is 156 Å². The molecule has 3 nitrogen and oxygen atoms in total. The third kappa shape index (κ3) is 3.99. The van der Waals surface area contributed by atoms with Crippen molar-refractivity contribution in [2.45, 2.75) is 32.9 Å². The summed E-state index contributed by atoms with van der Waals surface area (Å²) < 4.78 is 44.2. The molecule has 0 atom stereocenters. The van der Waals surface area contributed by atoms with E-state index in [9.17, 15) is 23.1 Å². The molecule has 0 aromatic heterocycles. The second-order valence-corrected chi connectivity index (χ2v) is 6.22. The Balaban J connectivity index is 2.83. The summed E-state index contributed by atoms with van der Waals surface area (Å²) in [6.45, 7) is 6.96. The van der Waals surface area contributed by atoms with Gasteiger partial charge in [-0.05, 0) is 66.6 Å². The van der Waals surface area contributed by atoms with Crippen LogP contribution in [0.4, 0.5) is 13.2 Å². The van der Waals surface area contributed by atoms with Gasteiger partial charge in [0.2, 0.25) is 0 Å². The Hall–Kier alpha value is -2.76. The summed E-state index contributed by atoms with van der Waals surface area (Å²) in [5, 5.41) is 10.6. The number of esters is 1. The normalized spacial score (nSPS) is 11.3. The number of halogens is 3. The molecule has 0 aliphatic heterocycles. The molecule has 0 fully saturated rings. The van der Waals surface area contributed by atoms with Gasteiger partial charge in [-0.3, -0.25) is 0 Å². The smallest absolute Gasteiger partial charge is 0.416 e. The average Bonchev–Trinajstić information content (AvgIpc) is 2.61. The summed E-state index contributed by atoms with van der Waals surface area (Å²) in [5.74, 6) is -0.937. The predicted octanol–water partition coefficient (Wildman–Crippen LogP) is 5.60. The van der Waals surface area contributed by atoms with Crippen molar-refractivity contribution in [1.82, 2.24) is 0 Å². The first-order valence-electron chi connectivity index (χ1n) is 8.35. The molecule has 0 unspecified atom stereocenters. The van der Waals surface area contributed by atoms with Gasteiger partial charge in [0, 0.05) is 0 Å². The van der Waals surface area contributed by atoms with Crippen LogP contribution in [0.1, 0.15) is 39.0 Å². The van der Waals surface area contributed by atoms with Crippen molar-refractivity contribution in [3.05, 3.63) is 64.7 Å². The van der Waals surface area contributed by atoms with Crippen LogP contribution in [0, 0.1) is 13.8 Å². The number of carbonyl (C=O) groups excluding carboxylic acids is 1. The van der Waals surface area contributed by atoms with E-state index in [-0.39, 0.29) is 11.3 Å². The van der Waals surface area contributed by atoms with Gasteiger partial charge < -0.3 is 9.84 Å². The van der Waals surface area contributed by atoms with Crippen LogP contribution in [0.5, 0.6) is 5.75 Å². The zero-order chi connectivity index (χ0) is 20.4.